The van der Waals surface area contributed by atoms with E-state index in [4.69, 9.17) is 0 Å². The molecule has 3 heteroatoms. The monoisotopic (exact) mass is 210 g/mol. The number of imidazole rings is 1. The predicted molar refractivity (Wildman–Crippen MR) is 61.0 cm³/mol. The van der Waals surface area contributed by atoms with Crippen LogP contribution >= 0.6 is 0 Å². The first kappa shape index (κ1) is 9.09. The summed E-state index contributed by atoms with van der Waals surface area (Å²) in [6.45, 7) is 0. The lowest BCUT2D eigenvalue weighted by Crippen LogP contribution is -1.96. The van der Waals surface area contributed by atoms with E-state index in [0.29, 0.717) is 6.42 Å². The topological polar surface area (TPSA) is 34.9 Å². The van der Waals surface area contributed by atoms with E-state index >= 15 is 0 Å². The molecule has 2 aromatic rings. The minimum Gasteiger partial charge on any atom is -0.313 e. The van der Waals surface area contributed by atoms with Gasteiger partial charge in [0.2, 0.25) is 0 Å². The summed E-state index contributed by atoms with van der Waals surface area (Å²) < 4.78 is 1.80. The zero-order valence-electron chi connectivity index (χ0n) is 8.63. The second-order valence-corrected chi connectivity index (χ2v) is 3.83. The largest absolute Gasteiger partial charge is 0.313 e. The molecule has 0 atom stereocenters. The van der Waals surface area contributed by atoms with Crippen molar-refractivity contribution in [2.45, 2.75) is 6.42 Å². The number of aromatic nitrogens is 2. The maximum Gasteiger partial charge on any atom is 0.191 e. The number of carbonyl (C=O) groups is 1. The van der Waals surface area contributed by atoms with Crippen molar-refractivity contribution >= 4 is 12.0 Å². The number of nitrogens with zero attached hydrogens (tertiary/aromatic N) is 2. The van der Waals surface area contributed by atoms with Gasteiger partial charge in [-0.2, -0.15) is 0 Å². The lowest BCUT2D eigenvalue weighted by molar-refractivity contribution is 0.104. The molecular weight excluding hydrogens is 200 g/mol. The van der Waals surface area contributed by atoms with Crippen molar-refractivity contribution < 1.29 is 4.79 Å². The van der Waals surface area contributed by atoms with Gasteiger partial charge in [0.25, 0.3) is 0 Å². The number of fused-ring (bicyclic) bond motifs is 1. The van der Waals surface area contributed by atoms with Crippen molar-refractivity contribution in [3.05, 3.63) is 59.7 Å². The lowest BCUT2D eigenvalue weighted by Gasteiger charge is -1.95. The Morgan fingerprint density at radius 1 is 1.31 bits per heavy atom. The van der Waals surface area contributed by atoms with Crippen molar-refractivity contribution in [2.75, 3.05) is 0 Å². The zero-order valence-corrected chi connectivity index (χ0v) is 8.63. The average Bonchev–Trinajstić information content (AvgIpc) is 2.90. The molecule has 0 aliphatic heterocycles. The van der Waals surface area contributed by atoms with Crippen LogP contribution in [0.3, 0.4) is 0 Å². The summed E-state index contributed by atoms with van der Waals surface area (Å²) in [4.78, 5) is 16.0. The second-order valence-electron chi connectivity index (χ2n) is 3.83. The summed E-state index contributed by atoms with van der Waals surface area (Å²) in [6, 6.07) is 7.75. The van der Waals surface area contributed by atoms with Gasteiger partial charge in [0.15, 0.2) is 5.78 Å². The van der Waals surface area contributed by atoms with Gasteiger partial charge in [-0.05, 0) is 5.56 Å². The third-order valence-corrected chi connectivity index (χ3v) is 2.76. The van der Waals surface area contributed by atoms with Crippen molar-refractivity contribution in [1.29, 1.82) is 0 Å². The van der Waals surface area contributed by atoms with Crippen LogP contribution in [-0.2, 0) is 6.42 Å². The molecule has 16 heavy (non-hydrogen) atoms. The normalized spacial score (nSPS) is 16.8. The van der Waals surface area contributed by atoms with Crippen LogP contribution in [0.2, 0.25) is 0 Å². The average molecular weight is 210 g/mol. The number of hydrogen-bond acceptors (Lipinski definition) is 2. The Balaban J connectivity index is 2.02. The van der Waals surface area contributed by atoms with E-state index in [9.17, 15) is 4.79 Å². The number of carbonyl (C=O) groups excluding carboxylic acids is 1. The smallest absolute Gasteiger partial charge is 0.191 e. The highest BCUT2D eigenvalue weighted by molar-refractivity contribution is 6.14. The molecule has 1 aromatic heterocycles. The van der Waals surface area contributed by atoms with E-state index in [2.05, 4.69) is 4.98 Å². The number of hydrogen-bond donors (Lipinski definition) is 0. The Bertz CT molecular complexity index is 567. The maximum atomic E-state index is 12.0. The zero-order chi connectivity index (χ0) is 11.0. The number of benzene rings is 1. The SMILES string of the molecule is O=C1C(=Cn2ccnc2)Cc2ccccc21. The molecule has 0 amide bonds. The first-order valence-electron chi connectivity index (χ1n) is 5.15. The predicted octanol–water partition coefficient (Wildman–Crippen LogP) is 2.16. The van der Waals surface area contributed by atoms with Crippen molar-refractivity contribution in [1.82, 2.24) is 9.55 Å². The Hall–Kier alpha value is -2.16. The molecule has 1 heterocycles. The third kappa shape index (κ3) is 1.37. The minimum absolute atomic E-state index is 0.129. The molecule has 0 unspecified atom stereocenters. The van der Waals surface area contributed by atoms with E-state index in [1.165, 1.54) is 0 Å². The van der Waals surface area contributed by atoms with Gasteiger partial charge in [-0.1, -0.05) is 24.3 Å². The van der Waals surface area contributed by atoms with Gasteiger partial charge in [0.05, 0.1) is 6.33 Å². The maximum absolute atomic E-state index is 12.0. The van der Waals surface area contributed by atoms with Crippen molar-refractivity contribution in [2.24, 2.45) is 0 Å². The second kappa shape index (κ2) is 3.45. The number of Topliss-reactive ketones (excluding diaryl/α,β-unsaturated/α-hetero) is 1. The Morgan fingerprint density at radius 3 is 2.94 bits per heavy atom. The first-order valence-corrected chi connectivity index (χ1v) is 5.15. The van der Waals surface area contributed by atoms with Gasteiger partial charge in [-0.25, -0.2) is 4.98 Å². The van der Waals surface area contributed by atoms with Crippen LogP contribution in [0.4, 0.5) is 0 Å². The van der Waals surface area contributed by atoms with Gasteiger partial charge < -0.3 is 4.57 Å². The standard InChI is InChI=1S/C13H10N2O/c16-13-11(8-15-6-5-14-9-15)7-10-3-1-2-4-12(10)13/h1-6,8-9H,7H2. The van der Waals surface area contributed by atoms with Gasteiger partial charge >= 0.3 is 0 Å². The fourth-order valence-corrected chi connectivity index (χ4v) is 1.98. The molecule has 1 aliphatic carbocycles. The van der Waals surface area contributed by atoms with E-state index < -0.39 is 0 Å². The van der Waals surface area contributed by atoms with E-state index in [1.807, 2.05) is 36.7 Å². The summed E-state index contributed by atoms with van der Waals surface area (Å²) in [5, 5.41) is 0. The van der Waals surface area contributed by atoms with Gasteiger partial charge in [-0.15, -0.1) is 0 Å². The molecule has 1 aromatic carbocycles. The quantitative estimate of drug-likeness (QED) is 0.676. The summed E-state index contributed by atoms with van der Waals surface area (Å²) >= 11 is 0. The third-order valence-electron chi connectivity index (χ3n) is 2.76. The van der Waals surface area contributed by atoms with E-state index in [-0.39, 0.29) is 5.78 Å². The molecule has 0 fully saturated rings. The number of rotatable bonds is 1. The molecule has 0 saturated heterocycles. The summed E-state index contributed by atoms with van der Waals surface area (Å²) in [7, 11) is 0. The molecule has 0 bridgehead atoms. The Labute approximate surface area is 93.1 Å². The van der Waals surface area contributed by atoms with E-state index in [0.717, 1.165) is 16.7 Å². The molecular formula is C13H10N2O. The molecule has 3 nitrogen and oxygen atoms in total. The van der Waals surface area contributed by atoms with E-state index in [1.54, 1.807) is 17.1 Å². The van der Waals surface area contributed by atoms with Crippen molar-refractivity contribution in [3.63, 3.8) is 0 Å². The highest BCUT2D eigenvalue weighted by atomic mass is 16.1. The summed E-state index contributed by atoms with van der Waals surface area (Å²) in [6.07, 6.45) is 7.76. The van der Waals surface area contributed by atoms with Crippen LogP contribution in [0.25, 0.3) is 6.20 Å². The van der Waals surface area contributed by atoms with Gasteiger partial charge in [0.1, 0.15) is 0 Å². The molecule has 78 valence electrons. The van der Waals surface area contributed by atoms with Crippen LogP contribution in [0.1, 0.15) is 15.9 Å². The molecule has 0 N–H and O–H groups in total. The van der Waals surface area contributed by atoms with Crippen LogP contribution in [-0.4, -0.2) is 15.3 Å². The molecule has 0 radical (unpaired) electrons. The van der Waals surface area contributed by atoms with Gasteiger partial charge in [0, 0.05) is 36.2 Å². The molecule has 0 saturated carbocycles. The van der Waals surface area contributed by atoms with Crippen LogP contribution in [0.5, 0.6) is 0 Å². The highest BCUT2D eigenvalue weighted by Crippen LogP contribution is 2.26. The Morgan fingerprint density at radius 2 is 2.19 bits per heavy atom. The van der Waals surface area contributed by atoms with Crippen LogP contribution < -0.4 is 0 Å². The number of allylic oxidation sites excluding steroid dienone is 1. The molecule has 0 spiro atoms. The van der Waals surface area contributed by atoms with Crippen LogP contribution in [0.15, 0.2) is 48.6 Å². The Kier molecular flexibility index (Phi) is 1.96. The fourth-order valence-electron chi connectivity index (χ4n) is 1.98. The summed E-state index contributed by atoms with van der Waals surface area (Å²) in [5.74, 6) is 0.129. The minimum atomic E-state index is 0.129. The van der Waals surface area contributed by atoms with Crippen LogP contribution in [0, 0.1) is 0 Å². The fraction of sp³-hybridized carbons (Fsp3) is 0.0769. The first-order chi connectivity index (χ1) is 7.84. The lowest BCUT2D eigenvalue weighted by atomic mass is 10.1. The molecule has 3 rings (SSSR count). The molecule has 1 aliphatic rings. The number of ketones is 1. The summed E-state index contributed by atoms with van der Waals surface area (Å²) in [5.41, 5.74) is 2.76. The van der Waals surface area contributed by atoms with Gasteiger partial charge in [-0.3, -0.25) is 4.79 Å². The van der Waals surface area contributed by atoms with Crippen molar-refractivity contribution in [3.8, 4) is 0 Å². The highest BCUT2D eigenvalue weighted by Gasteiger charge is 2.23.